The van der Waals surface area contributed by atoms with Gasteiger partial charge in [-0.1, -0.05) is 51.5 Å². The third-order valence-electron chi connectivity index (χ3n) is 3.12. The number of carbonyl (C=O) groups excluding carboxylic acids is 1. The molecule has 0 aromatic rings. The molecule has 0 unspecified atom stereocenters. The van der Waals surface area contributed by atoms with Gasteiger partial charge in [-0.05, 0) is 19.8 Å². The first-order valence-corrected chi connectivity index (χ1v) is 9.17. The van der Waals surface area contributed by atoms with E-state index in [4.69, 9.17) is 4.74 Å². The second-order valence-electron chi connectivity index (χ2n) is 5.36. The molecule has 0 radical (unpaired) electrons. The van der Waals surface area contributed by atoms with Gasteiger partial charge in [0.2, 0.25) is 0 Å². The molecule has 0 spiro atoms. The summed E-state index contributed by atoms with van der Waals surface area (Å²) >= 11 is 0. The van der Waals surface area contributed by atoms with Crippen molar-refractivity contribution in [1.82, 2.24) is 0 Å². The summed E-state index contributed by atoms with van der Waals surface area (Å²) in [5, 5.41) is 0. The minimum Gasteiger partial charge on any atom is -0.748 e. The van der Waals surface area contributed by atoms with Gasteiger partial charge in [-0.2, -0.15) is 0 Å². The summed E-state index contributed by atoms with van der Waals surface area (Å²) in [6.07, 6.45) is 8.61. The number of unbranched alkanes of at least 4 members (excludes halogenated alkanes) is 8. The van der Waals surface area contributed by atoms with Crippen LogP contribution in [0.15, 0.2) is 12.2 Å². The van der Waals surface area contributed by atoms with Crippen molar-refractivity contribution < 1.29 is 52.1 Å². The Morgan fingerprint density at radius 2 is 1.36 bits per heavy atom. The Labute approximate surface area is 156 Å². The maximum atomic E-state index is 11.1. The first-order valence-electron chi connectivity index (χ1n) is 7.59. The predicted octanol–water partition coefficient (Wildman–Crippen LogP) is 0.166. The van der Waals surface area contributed by atoms with E-state index in [2.05, 4.69) is 6.58 Å². The summed E-state index contributed by atoms with van der Waals surface area (Å²) < 4.78 is 36.1. The standard InChI is InChI=1S/C15H28O5S.Na/c1-14(2)15(16)20-12-10-8-6-4-3-5-7-9-11-13-21(17,18)19;/h1,3-13H2,2H3,(H,17,18,19);/q;+1/p-1. The van der Waals surface area contributed by atoms with E-state index < -0.39 is 10.1 Å². The quantitative estimate of drug-likeness (QED) is 0.157. The molecule has 0 amide bonds. The van der Waals surface area contributed by atoms with Crippen molar-refractivity contribution in [3.63, 3.8) is 0 Å². The first kappa shape index (κ1) is 24.4. The van der Waals surface area contributed by atoms with Gasteiger partial charge in [-0.15, -0.1) is 0 Å². The van der Waals surface area contributed by atoms with Gasteiger partial charge < -0.3 is 9.29 Å². The fourth-order valence-electron chi connectivity index (χ4n) is 1.91. The van der Waals surface area contributed by atoms with E-state index in [1.807, 2.05) is 0 Å². The number of hydrogen-bond donors (Lipinski definition) is 0. The molecule has 0 aliphatic rings. The molecule has 0 rings (SSSR count). The number of esters is 1. The molecule has 0 fully saturated rings. The van der Waals surface area contributed by atoms with Crippen molar-refractivity contribution >= 4 is 16.1 Å². The average Bonchev–Trinajstić information content (AvgIpc) is 2.38. The Morgan fingerprint density at radius 3 is 1.77 bits per heavy atom. The van der Waals surface area contributed by atoms with Crippen LogP contribution >= 0.6 is 0 Å². The number of ether oxygens (including phenoxy) is 1. The molecule has 0 aromatic carbocycles. The van der Waals surface area contributed by atoms with E-state index in [9.17, 15) is 17.8 Å². The maximum absolute atomic E-state index is 11.1. The van der Waals surface area contributed by atoms with Gasteiger partial charge in [-0.3, -0.25) is 0 Å². The Morgan fingerprint density at radius 1 is 0.955 bits per heavy atom. The van der Waals surface area contributed by atoms with Crippen LogP contribution in [0.5, 0.6) is 0 Å². The molecule has 0 aliphatic carbocycles. The van der Waals surface area contributed by atoms with Crippen molar-refractivity contribution in [2.75, 3.05) is 12.4 Å². The van der Waals surface area contributed by atoms with Crippen molar-refractivity contribution in [2.45, 2.75) is 64.7 Å². The van der Waals surface area contributed by atoms with Gasteiger partial charge in [0, 0.05) is 11.3 Å². The van der Waals surface area contributed by atoms with Crippen LogP contribution in [0.2, 0.25) is 0 Å². The Kier molecular flexibility index (Phi) is 16.3. The normalized spacial score (nSPS) is 10.8. The van der Waals surface area contributed by atoms with Gasteiger partial charge in [0.25, 0.3) is 0 Å². The van der Waals surface area contributed by atoms with Gasteiger partial charge >= 0.3 is 35.5 Å². The van der Waals surface area contributed by atoms with Crippen LogP contribution in [0.25, 0.3) is 0 Å². The fourth-order valence-corrected chi connectivity index (χ4v) is 2.46. The third kappa shape index (κ3) is 18.2. The predicted molar refractivity (Wildman–Crippen MR) is 81.9 cm³/mol. The van der Waals surface area contributed by atoms with Gasteiger partial charge in [0.15, 0.2) is 0 Å². The Bertz CT molecular complexity index is 406. The van der Waals surface area contributed by atoms with E-state index in [0.29, 0.717) is 18.6 Å². The summed E-state index contributed by atoms with van der Waals surface area (Å²) in [7, 11) is -4.04. The molecule has 0 saturated heterocycles. The molecule has 0 N–H and O–H groups in total. The summed E-state index contributed by atoms with van der Waals surface area (Å²) in [4.78, 5) is 11.1. The van der Waals surface area contributed by atoms with Crippen LogP contribution in [-0.4, -0.2) is 31.3 Å². The van der Waals surface area contributed by atoms with Crippen molar-refractivity contribution in [1.29, 1.82) is 0 Å². The number of rotatable bonds is 13. The van der Waals surface area contributed by atoms with Crippen molar-refractivity contribution in [2.24, 2.45) is 0 Å². The summed E-state index contributed by atoms with van der Waals surface area (Å²) in [5.41, 5.74) is 0.430. The van der Waals surface area contributed by atoms with Crippen LogP contribution < -0.4 is 29.6 Å². The van der Waals surface area contributed by atoms with E-state index in [-0.39, 0.29) is 41.3 Å². The fraction of sp³-hybridized carbons (Fsp3) is 0.800. The molecule has 7 heteroatoms. The second-order valence-corrected chi connectivity index (χ2v) is 6.88. The van der Waals surface area contributed by atoms with Crippen LogP contribution in [0.1, 0.15) is 64.7 Å². The van der Waals surface area contributed by atoms with E-state index in [1.54, 1.807) is 6.92 Å². The monoisotopic (exact) mass is 342 g/mol. The first-order chi connectivity index (χ1) is 9.83. The van der Waals surface area contributed by atoms with E-state index in [0.717, 1.165) is 51.4 Å². The summed E-state index contributed by atoms with van der Waals surface area (Å²) in [6.45, 7) is 5.60. The number of carbonyl (C=O) groups is 1. The Balaban J connectivity index is 0. The summed E-state index contributed by atoms with van der Waals surface area (Å²) in [5.74, 6) is -0.564. The number of hydrogen-bond acceptors (Lipinski definition) is 5. The van der Waals surface area contributed by atoms with Crippen LogP contribution in [-0.2, 0) is 19.6 Å². The minimum absolute atomic E-state index is 0. The second kappa shape index (κ2) is 14.7. The van der Waals surface area contributed by atoms with E-state index in [1.165, 1.54) is 0 Å². The molecular weight excluding hydrogens is 315 g/mol. The zero-order valence-electron chi connectivity index (χ0n) is 13.9. The molecule has 0 aromatic heterocycles. The molecule has 0 atom stereocenters. The molecule has 5 nitrogen and oxygen atoms in total. The third-order valence-corrected chi connectivity index (χ3v) is 3.91. The molecule has 0 heterocycles. The summed E-state index contributed by atoms with van der Waals surface area (Å²) in [6, 6.07) is 0. The van der Waals surface area contributed by atoms with Gasteiger partial charge in [0.1, 0.15) is 0 Å². The minimum atomic E-state index is -4.04. The molecule has 124 valence electrons. The zero-order chi connectivity index (χ0) is 16.1. The van der Waals surface area contributed by atoms with Crippen LogP contribution in [0, 0.1) is 0 Å². The van der Waals surface area contributed by atoms with E-state index >= 15 is 0 Å². The maximum Gasteiger partial charge on any atom is 1.00 e. The van der Waals surface area contributed by atoms with Crippen LogP contribution in [0.4, 0.5) is 0 Å². The molecular formula is C15H27NaO5S. The van der Waals surface area contributed by atoms with Crippen molar-refractivity contribution in [3.8, 4) is 0 Å². The Hall–Kier alpha value is 0.120. The van der Waals surface area contributed by atoms with Gasteiger partial charge in [0.05, 0.1) is 16.7 Å². The van der Waals surface area contributed by atoms with Gasteiger partial charge in [-0.25, -0.2) is 13.2 Å². The van der Waals surface area contributed by atoms with Crippen molar-refractivity contribution in [3.05, 3.63) is 12.2 Å². The van der Waals surface area contributed by atoms with Crippen LogP contribution in [0.3, 0.4) is 0 Å². The largest absolute Gasteiger partial charge is 1.00 e. The topological polar surface area (TPSA) is 83.5 Å². The zero-order valence-corrected chi connectivity index (χ0v) is 16.8. The SMILES string of the molecule is C=C(C)C(=O)OCCCCCCCCCCCS(=O)(=O)[O-].[Na+]. The molecule has 22 heavy (non-hydrogen) atoms. The molecule has 0 aliphatic heterocycles. The average molecular weight is 342 g/mol. The smallest absolute Gasteiger partial charge is 0.748 e. The molecule has 0 saturated carbocycles. The molecule has 0 bridgehead atoms.